The van der Waals surface area contributed by atoms with Gasteiger partial charge in [0.1, 0.15) is 0 Å². The monoisotopic (exact) mass is 343 g/mol. The van der Waals surface area contributed by atoms with Crippen LogP contribution >= 0.6 is 27.5 Å². The quantitative estimate of drug-likeness (QED) is 0.733. The zero-order chi connectivity index (χ0) is 14.0. The van der Waals surface area contributed by atoms with Crippen LogP contribution in [0.5, 0.6) is 0 Å². The van der Waals surface area contributed by atoms with E-state index in [-0.39, 0.29) is 5.91 Å². The molecule has 0 aliphatic carbocycles. The Kier molecular flexibility index (Phi) is 4.91. The minimum Gasteiger partial charge on any atom is -0.339 e. The average Bonchev–Trinajstić information content (AvgIpc) is 2.37. The first-order valence-electron chi connectivity index (χ1n) is 6.68. The van der Waals surface area contributed by atoms with Gasteiger partial charge in [-0.2, -0.15) is 0 Å². The number of nitrogens with zero attached hydrogens (tertiary/aromatic N) is 1. The highest BCUT2D eigenvalue weighted by Crippen LogP contribution is 2.26. The van der Waals surface area contributed by atoms with E-state index in [9.17, 15) is 4.79 Å². The highest BCUT2D eigenvalue weighted by atomic mass is 79.9. The lowest BCUT2D eigenvalue weighted by Crippen LogP contribution is -2.40. The SMILES string of the molecule is Cc1cc(Cl)cc(C(=O)N2CCC(C(C)Br)CC2)c1. The number of benzene rings is 1. The number of amides is 1. The molecule has 1 unspecified atom stereocenters. The predicted octanol–water partition coefficient (Wildman–Crippen LogP) is 4.28. The lowest BCUT2D eigenvalue weighted by Gasteiger charge is -2.33. The molecular formula is C15H19BrClNO. The largest absolute Gasteiger partial charge is 0.339 e. The molecule has 2 nitrogen and oxygen atoms in total. The molecule has 1 heterocycles. The fourth-order valence-corrected chi connectivity index (χ4v) is 3.42. The van der Waals surface area contributed by atoms with Crippen molar-refractivity contribution in [2.24, 2.45) is 5.92 Å². The second-order valence-corrected chi connectivity index (χ2v) is 7.21. The van der Waals surface area contributed by atoms with E-state index in [1.165, 1.54) is 0 Å². The van der Waals surface area contributed by atoms with Crippen molar-refractivity contribution in [2.75, 3.05) is 13.1 Å². The molecule has 1 amide bonds. The summed E-state index contributed by atoms with van der Waals surface area (Å²) in [7, 11) is 0. The van der Waals surface area contributed by atoms with E-state index in [1.54, 1.807) is 6.07 Å². The molecule has 0 radical (unpaired) electrons. The summed E-state index contributed by atoms with van der Waals surface area (Å²) < 4.78 is 0. The van der Waals surface area contributed by atoms with E-state index in [1.807, 2.05) is 24.0 Å². The second kappa shape index (κ2) is 6.27. The van der Waals surface area contributed by atoms with Crippen LogP contribution in [0.15, 0.2) is 18.2 Å². The van der Waals surface area contributed by atoms with E-state index in [2.05, 4.69) is 22.9 Å². The molecule has 19 heavy (non-hydrogen) atoms. The summed E-state index contributed by atoms with van der Waals surface area (Å²) in [5.74, 6) is 0.774. The molecule has 104 valence electrons. The molecule has 1 aliphatic rings. The molecule has 0 spiro atoms. The van der Waals surface area contributed by atoms with Crippen molar-refractivity contribution in [2.45, 2.75) is 31.5 Å². The standard InChI is InChI=1S/C15H19BrClNO/c1-10-7-13(9-14(17)8-10)15(19)18-5-3-12(4-6-18)11(2)16/h7-9,11-12H,3-6H2,1-2H3. The molecule has 0 saturated carbocycles. The number of halogens is 2. The van der Waals surface area contributed by atoms with E-state index in [0.29, 0.717) is 21.3 Å². The number of aryl methyl sites for hydroxylation is 1. The summed E-state index contributed by atoms with van der Waals surface area (Å²) in [6, 6.07) is 5.54. The third kappa shape index (κ3) is 3.73. The second-order valence-electron chi connectivity index (χ2n) is 5.32. The lowest BCUT2D eigenvalue weighted by atomic mass is 9.94. The first-order chi connectivity index (χ1) is 8.97. The number of carbonyl (C=O) groups is 1. The molecule has 0 N–H and O–H groups in total. The van der Waals surface area contributed by atoms with Gasteiger partial charge >= 0.3 is 0 Å². The smallest absolute Gasteiger partial charge is 0.253 e. The number of hydrogen-bond acceptors (Lipinski definition) is 1. The molecule has 2 rings (SSSR count). The Morgan fingerprint density at radius 3 is 2.53 bits per heavy atom. The van der Waals surface area contributed by atoms with Gasteiger partial charge in [-0.25, -0.2) is 0 Å². The van der Waals surface area contributed by atoms with Gasteiger partial charge in [0.2, 0.25) is 0 Å². The number of piperidine rings is 1. The van der Waals surface area contributed by atoms with Crippen LogP contribution in [0.3, 0.4) is 0 Å². The molecular weight excluding hydrogens is 326 g/mol. The van der Waals surface area contributed by atoms with Crippen LogP contribution in [0.25, 0.3) is 0 Å². The van der Waals surface area contributed by atoms with Crippen LogP contribution in [0.2, 0.25) is 5.02 Å². The van der Waals surface area contributed by atoms with E-state index < -0.39 is 0 Å². The first kappa shape index (κ1) is 14.9. The zero-order valence-electron chi connectivity index (χ0n) is 11.3. The van der Waals surface area contributed by atoms with Gasteiger partial charge in [0.05, 0.1) is 0 Å². The Morgan fingerprint density at radius 1 is 1.37 bits per heavy atom. The van der Waals surface area contributed by atoms with Gasteiger partial charge in [-0.3, -0.25) is 4.79 Å². The Labute approximate surface area is 128 Å². The Balaban J connectivity index is 2.05. The van der Waals surface area contributed by atoms with E-state index in [4.69, 9.17) is 11.6 Å². The van der Waals surface area contributed by atoms with Crippen molar-refractivity contribution in [3.63, 3.8) is 0 Å². The van der Waals surface area contributed by atoms with Crippen molar-refractivity contribution in [3.8, 4) is 0 Å². The topological polar surface area (TPSA) is 20.3 Å². The molecule has 1 aromatic rings. The van der Waals surface area contributed by atoms with Crippen LogP contribution in [-0.4, -0.2) is 28.7 Å². The van der Waals surface area contributed by atoms with E-state index >= 15 is 0 Å². The van der Waals surface area contributed by atoms with Crippen LogP contribution < -0.4 is 0 Å². The first-order valence-corrected chi connectivity index (χ1v) is 7.97. The highest BCUT2D eigenvalue weighted by molar-refractivity contribution is 9.09. The summed E-state index contributed by atoms with van der Waals surface area (Å²) in [4.78, 5) is 14.9. The molecule has 0 bridgehead atoms. The van der Waals surface area contributed by atoms with Gasteiger partial charge in [0, 0.05) is 28.5 Å². The Bertz CT molecular complexity index is 447. The average molecular weight is 345 g/mol. The lowest BCUT2D eigenvalue weighted by molar-refractivity contribution is 0.0691. The highest BCUT2D eigenvalue weighted by Gasteiger charge is 2.25. The maximum absolute atomic E-state index is 12.4. The molecule has 1 saturated heterocycles. The summed E-state index contributed by atoms with van der Waals surface area (Å²) >= 11 is 9.66. The zero-order valence-corrected chi connectivity index (χ0v) is 13.7. The van der Waals surface area contributed by atoms with Crippen LogP contribution in [-0.2, 0) is 0 Å². The van der Waals surface area contributed by atoms with Crippen molar-refractivity contribution < 1.29 is 4.79 Å². The Hall–Kier alpha value is -0.540. The summed E-state index contributed by atoms with van der Waals surface area (Å²) in [6.07, 6.45) is 2.13. The number of alkyl halides is 1. The van der Waals surface area contributed by atoms with Crippen molar-refractivity contribution in [1.82, 2.24) is 4.90 Å². The molecule has 4 heteroatoms. The minimum absolute atomic E-state index is 0.103. The van der Waals surface area contributed by atoms with Gasteiger partial charge in [-0.05, 0) is 49.4 Å². The van der Waals surface area contributed by atoms with Crippen molar-refractivity contribution in [1.29, 1.82) is 0 Å². The third-order valence-corrected chi connectivity index (χ3v) is 4.73. The Morgan fingerprint density at radius 2 is 2.00 bits per heavy atom. The van der Waals surface area contributed by atoms with Gasteiger partial charge in [-0.1, -0.05) is 34.5 Å². The van der Waals surface area contributed by atoms with Gasteiger partial charge in [0.25, 0.3) is 5.91 Å². The maximum Gasteiger partial charge on any atom is 0.253 e. The summed E-state index contributed by atoms with van der Waals surface area (Å²) in [5.41, 5.74) is 1.73. The predicted molar refractivity (Wildman–Crippen MR) is 83.2 cm³/mol. The normalized spacial score (nSPS) is 18.4. The molecule has 1 fully saturated rings. The van der Waals surface area contributed by atoms with Crippen molar-refractivity contribution >= 4 is 33.4 Å². The third-order valence-electron chi connectivity index (χ3n) is 3.77. The van der Waals surface area contributed by atoms with Gasteiger partial charge in [0.15, 0.2) is 0 Å². The van der Waals surface area contributed by atoms with Gasteiger partial charge in [-0.15, -0.1) is 0 Å². The maximum atomic E-state index is 12.4. The summed E-state index contributed by atoms with van der Waals surface area (Å²) in [6.45, 7) is 5.82. The fraction of sp³-hybridized carbons (Fsp3) is 0.533. The number of hydrogen-bond donors (Lipinski definition) is 0. The molecule has 1 atom stereocenters. The molecule has 1 aliphatic heterocycles. The number of rotatable bonds is 2. The molecule has 1 aromatic carbocycles. The molecule has 0 aromatic heterocycles. The van der Waals surface area contributed by atoms with Crippen LogP contribution in [0.1, 0.15) is 35.7 Å². The fourth-order valence-electron chi connectivity index (χ4n) is 2.60. The van der Waals surface area contributed by atoms with Crippen LogP contribution in [0, 0.1) is 12.8 Å². The van der Waals surface area contributed by atoms with Crippen LogP contribution in [0.4, 0.5) is 0 Å². The minimum atomic E-state index is 0.103. The van der Waals surface area contributed by atoms with Crippen molar-refractivity contribution in [3.05, 3.63) is 34.3 Å². The van der Waals surface area contributed by atoms with Gasteiger partial charge < -0.3 is 4.90 Å². The number of carbonyl (C=O) groups excluding carboxylic acids is 1. The summed E-state index contributed by atoms with van der Waals surface area (Å²) in [5, 5.41) is 0.632. The van der Waals surface area contributed by atoms with E-state index in [0.717, 1.165) is 31.5 Å². The number of likely N-dealkylation sites (tertiary alicyclic amines) is 1.